The smallest absolute Gasteiger partial charge is 0.304 e. The van der Waals surface area contributed by atoms with Gasteiger partial charge in [0.25, 0.3) is 0 Å². The van der Waals surface area contributed by atoms with Gasteiger partial charge < -0.3 is 10.1 Å². The second kappa shape index (κ2) is 6.46. The number of hydrogen-bond acceptors (Lipinski definition) is 1. The zero-order valence-electron chi connectivity index (χ0n) is 14.7. The Labute approximate surface area is 143 Å². The quantitative estimate of drug-likeness (QED) is 0.707. The number of aromatic nitrogens is 1. The first kappa shape index (κ1) is 16.8. The van der Waals surface area contributed by atoms with Gasteiger partial charge in [-0.2, -0.15) is 0 Å². The van der Waals surface area contributed by atoms with Crippen LogP contribution in [0, 0.1) is 0 Å². The highest BCUT2D eigenvalue weighted by molar-refractivity contribution is 5.89. The molecule has 1 aromatic heterocycles. The maximum Gasteiger partial charge on any atom is 0.304 e. The largest absolute Gasteiger partial charge is 0.481 e. The van der Waals surface area contributed by atoms with Gasteiger partial charge in [-0.1, -0.05) is 38.1 Å². The molecule has 0 bridgehead atoms. The van der Waals surface area contributed by atoms with E-state index < -0.39 is 5.97 Å². The lowest BCUT2D eigenvalue weighted by atomic mass is 9.65. The molecular formula is C21H27NO2. The summed E-state index contributed by atoms with van der Waals surface area (Å²) in [7, 11) is 0. The van der Waals surface area contributed by atoms with Crippen LogP contribution in [0.1, 0.15) is 68.7 Å². The third-order valence-electron chi connectivity index (χ3n) is 5.87. The Hall–Kier alpha value is -2.03. The predicted octanol–water partition coefficient (Wildman–Crippen LogP) is 5.31. The number of aliphatic carboxylic acids is 1. The number of fused-ring (bicyclic) bond motifs is 3. The topological polar surface area (TPSA) is 53.1 Å². The van der Waals surface area contributed by atoms with Crippen LogP contribution in [-0.2, 0) is 16.6 Å². The molecule has 0 fully saturated rings. The van der Waals surface area contributed by atoms with Crippen molar-refractivity contribution >= 4 is 16.9 Å². The Balaban J connectivity index is 2.28. The fourth-order valence-corrected chi connectivity index (χ4v) is 4.54. The van der Waals surface area contributed by atoms with E-state index in [0.717, 1.165) is 32.1 Å². The zero-order chi connectivity index (χ0) is 17.3. The average Bonchev–Trinajstić information content (AvgIpc) is 2.97. The number of benzene rings is 1. The summed E-state index contributed by atoms with van der Waals surface area (Å²) in [5.41, 5.74) is 4.74. The van der Waals surface area contributed by atoms with Crippen molar-refractivity contribution < 1.29 is 9.90 Å². The second-order valence-corrected chi connectivity index (χ2v) is 7.07. The van der Waals surface area contributed by atoms with E-state index in [1.807, 2.05) is 6.08 Å². The number of hydrogen-bond donors (Lipinski definition) is 2. The molecule has 0 spiro atoms. The number of carboxylic acids is 1. The van der Waals surface area contributed by atoms with E-state index in [9.17, 15) is 9.90 Å². The number of para-hydroxylation sites is 1. The van der Waals surface area contributed by atoms with Crippen LogP contribution >= 0.6 is 0 Å². The van der Waals surface area contributed by atoms with Crippen LogP contribution in [0.15, 0.2) is 30.9 Å². The van der Waals surface area contributed by atoms with Crippen LogP contribution in [0.3, 0.4) is 0 Å². The van der Waals surface area contributed by atoms with Gasteiger partial charge in [0.1, 0.15) is 0 Å². The normalized spacial score (nSPS) is 23.2. The number of carboxylic acid groups (broad SMARTS) is 1. The van der Waals surface area contributed by atoms with Crippen molar-refractivity contribution in [1.29, 1.82) is 0 Å². The number of aryl methyl sites for hydroxylation is 1. The molecule has 1 aromatic carbocycles. The van der Waals surface area contributed by atoms with Crippen LogP contribution in [0.5, 0.6) is 0 Å². The number of aromatic amines is 1. The molecule has 2 N–H and O–H groups in total. The lowest BCUT2D eigenvalue weighted by Gasteiger charge is -2.38. The van der Waals surface area contributed by atoms with Gasteiger partial charge in [-0.25, -0.2) is 0 Å². The molecule has 3 heteroatoms. The third-order valence-corrected chi connectivity index (χ3v) is 5.87. The molecule has 0 aliphatic heterocycles. The van der Waals surface area contributed by atoms with E-state index in [4.69, 9.17) is 0 Å². The van der Waals surface area contributed by atoms with E-state index in [-0.39, 0.29) is 11.8 Å². The van der Waals surface area contributed by atoms with Gasteiger partial charge in [0, 0.05) is 22.0 Å². The highest BCUT2D eigenvalue weighted by atomic mass is 16.4. The summed E-state index contributed by atoms with van der Waals surface area (Å²) < 4.78 is 0. The minimum Gasteiger partial charge on any atom is -0.481 e. The molecule has 0 unspecified atom stereocenters. The van der Waals surface area contributed by atoms with Gasteiger partial charge in [-0.05, 0) is 49.1 Å². The average molecular weight is 325 g/mol. The molecule has 128 valence electrons. The first-order valence-electron chi connectivity index (χ1n) is 9.03. The summed E-state index contributed by atoms with van der Waals surface area (Å²) >= 11 is 0. The molecule has 0 amide bonds. The first-order chi connectivity index (χ1) is 11.6. The van der Waals surface area contributed by atoms with Crippen molar-refractivity contribution in [3.8, 4) is 0 Å². The molecule has 2 aromatic rings. The summed E-state index contributed by atoms with van der Waals surface area (Å²) in [6.07, 6.45) is 6.92. The van der Waals surface area contributed by atoms with Gasteiger partial charge in [0.2, 0.25) is 0 Å². The van der Waals surface area contributed by atoms with Crippen LogP contribution in [-0.4, -0.2) is 16.1 Å². The minimum atomic E-state index is -0.709. The van der Waals surface area contributed by atoms with Crippen molar-refractivity contribution in [2.45, 2.75) is 63.7 Å². The van der Waals surface area contributed by atoms with Crippen molar-refractivity contribution in [3.63, 3.8) is 0 Å². The fraction of sp³-hybridized carbons (Fsp3) is 0.476. The van der Waals surface area contributed by atoms with E-state index >= 15 is 0 Å². The highest BCUT2D eigenvalue weighted by Gasteiger charge is 2.42. The van der Waals surface area contributed by atoms with Crippen molar-refractivity contribution in [3.05, 3.63) is 47.7 Å². The zero-order valence-corrected chi connectivity index (χ0v) is 14.7. The van der Waals surface area contributed by atoms with Crippen molar-refractivity contribution in [2.24, 2.45) is 0 Å². The van der Waals surface area contributed by atoms with E-state index in [0.29, 0.717) is 5.92 Å². The van der Waals surface area contributed by atoms with E-state index in [1.54, 1.807) is 0 Å². The Kier molecular flexibility index (Phi) is 4.53. The minimum absolute atomic E-state index is 0.200. The van der Waals surface area contributed by atoms with Crippen LogP contribution in [0.2, 0.25) is 0 Å². The summed E-state index contributed by atoms with van der Waals surface area (Å²) in [6.45, 7) is 8.21. The molecule has 0 radical (unpaired) electrons. The maximum atomic E-state index is 11.6. The van der Waals surface area contributed by atoms with Gasteiger partial charge in [0.05, 0.1) is 6.42 Å². The summed E-state index contributed by atoms with van der Waals surface area (Å²) in [6, 6.07) is 6.48. The summed E-state index contributed by atoms with van der Waals surface area (Å²) in [5, 5.41) is 10.8. The van der Waals surface area contributed by atoms with Gasteiger partial charge in [0.15, 0.2) is 0 Å². The Morgan fingerprint density at radius 2 is 2.25 bits per heavy atom. The Morgan fingerprint density at radius 1 is 1.46 bits per heavy atom. The molecule has 0 saturated carbocycles. The van der Waals surface area contributed by atoms with Crippen molar-refractivity contribution in [1.82, 2.24) is 4.98 Å². The number of allylic oxidation sites excluding steroid dienone is 1. The third kappa shape index (κ3) is 2.56. The molecule has 0 saturated heterocycles. The monoisotopic (exact) mass is 325 g/mol. The summed E-state index contributed by atoms with van der Waals surface area (Å²) in [5.74, 6) is -0.272. The molecular weight excluding hydrogens is 298 g/mol. The molecule has 1 aliphatic carbocycles. The Morgan fingerprint density at radius 3 is 2.88 bits per heavy atom. The fourth-order valence-electron chi connectivity index (χ4n) is 4.54. The number of carbonyl (C=O) groups is 1. The van der Waals surface area contributed by atoms with Crippen LogP contribution in [0.25, 0.3) is 10.9 Å². The van der Waals surface area contributed by atoms with Gasteiger partial charge in [-0.15, -0.1) is 6.58 Å². The van der Waals surface area contributed by atoms with Crippen molar-refractivity contribution in [2.75, 3.05) is 0 Å². The molecule has 24 heavy (non-hydrogen) atoms. The van der Waals surface area contributed by atoms with Gasteiger partial charge >= 0.3 is 5.97 Å². The molecule has 3 rings (SSSR count). The molecule has 1 aliphatic rings. The van der Waals surface area contributed by atoms with E-state index in [1.165, 1.54) is 27.7 Å². The highest BCUT2D eigenvalue weighted by Crippen LogP contribution is 2.50. The lowest BCUT2D eigenvalue weighted by molar-refractivity contribution is -0.138. The lowest BCUT2D eigenvalue weighted by Crippen LogP contribution is -2.34. The molecule has 3 nitrogen and oxygen atoms in total. The van der Waals surface area contributed by atoms with Crippen LogP contribution < -0.4 is 0 Å². The first-order valence-corrected chi connectivity index (χ1v) is 9.03. The number of rotatable bonds is 6. The summed E-state index contributed by atoms with van der Waals surface area (Å²) in [4.78, 5) is 15.2. The van der Waals surface area contributed by atoms with E-state index in [2.05, 4.69) is 43.6 Å². The Bertz CT molecular complexity index is 773. The SMILES string of the molecule is C=CC[C@H]1CC[C@](CC)(CC(=O)O)c2[nH]c3c(CC)cccc3c21. The second-order valence-electron chi connectivity index (χ2n) is 7.07. The van der Waals surface area contributed by atoms with Gasteiger partial charge in [-0.3, -0.25) is 4.79 Å². The molecule has 2 atom stereocenters. The number of H-pyrrole nitrogens is 1. The molecule has 1 heterocycles. The maximum absolute atomic E-state index is 11.6. The predicted molar refractivity (Wildman–Crippen MR) is 98.7 cm³/mol. The standard InChI is InChI=1S/C21H27NO2/c1-4-8-15-11-12-21(6-3,13-17(23)24)20-18(15)16-10-7-9-14(5-2)19(16)22-20/h4,7,9-10,15,22H,1,5-6,8,11-13H2,2-3H3,(H,23,24)/t15-,21+/m0/s1. The number of nitrogens with one attached hydrogen (secondary N) is 1. The van der Waals surface area contributed by atoms with Crippen LogP contribution in [0.4, 0.5) is 0 Å².